The van der Waals surface area contributed by atoms with E-state index < -0.39 is 0 Å². The van der Waals surface area contributed by atoms with E-state index in [2.05, 4.69) is 27.2 Å². The highest BCUT2D eigenvalue weighted by Crippen LogP contribution is 2.27. The average molecular weight is 404 g/mol. The Hall–Kier alpha value is -2.44. The second-order valence-electron chi connectivity index (χ2n) is 6.74. The van der Waals surface area contributed by atoms with Gasteiger partial charge in [0.15, 0.2) is 0 Å². The predicted octanol–water partition coefficient (Wildman–Crippen LogP) is 3.51. The van der Waals surface area contributed by atoms with E-state index in [-0.39, 0.29) is 11.9 Å². The highest BCUT2D eigenvalue weighted by atomic mass is 35.5. The van der Waals surface area contributed by atoms with Crippen molar-refractivity contribution in [2.45, 2.75) is 13.0 Å². The summed E-state index contributed by atoms with van der Waals surface area (Å²) in [5.41, 5.74) is 1.84. The van der Waals surface area contributed by atoms with Gasteiger partial charge in [0.05, 0.1) is 25.3 Å². The Morgan fingerprint density at radius 2 is 1.71 bits per heavy atom. The molecule has 0 unspecified atom stereocenters. The molecule has 2 aromatic rings. The van der Waals surface area contributed by atoms with Gasteiger partial charge in [-0.1, -0.05) is 11.6 Å². The highest BCUT2D eigenvalue weighted by molar-refractivity contribution is 6.32. The maximum Gasteiger partial charge on any atom is 0.241 e. The number of hydrogen-bond donors (Lipinski definition) is 1. The van der Waals surface area contributed by atoms with Gasteiger partial charge in [0.2, 0.25) is 5.91 Å². The molecule has 1 saturated heterocycles. The molecule has 0 saturated carbocycles. The third kappa shape index (κ3) is 4.69. The lowest BCUT2D eigenvalue weighted by atomic mass is 10.2. The summed E-state index contributed by atoms with van der Waals surface area (Å²) >= 11 is 6.13. The first-order valence-electron chi connectivity index (χ1n) is 9.29. The number of nitrogens with zero attached hydrogens (tertiary/aromatic N) is 2. The van der Waals surface area contributed by atoms with Crippen molar-refractivity contribution in [3.05, 3.63) is 47.5 Å². The van der Waals surface area contributed by atoms with Gasteiger partial charge in [-0.2, -0.15) is 0 Å². The molecular weight excluding hydrogens is 378 g/mol. The molecule has 3 rings (SSSR count). The molecule has 0 radical (unpaired) electrons. The van der Waals surface area contributed by atoms with E-state index in [0.717, 1.165) is 31.9 Å². The van der Waals surface area contributed by atoms with Crippen molar-refractivity contribution in [1.82, 2.24) is 4.90 Å². The molecule has 7 heteroatoms. The van der Waals surface area contributed by atoms with E-state index in [4.69, 9.17) is 21.1 Å². The van der Waals surface area contributed by atoms with Gasteiger partial charge in [-0.05, 0) is 49.4 Å². The highest BCUT2D eigenvalue weighted by Gasteiger charge is 2.26. The second kappa shape index (κ2) is 9.17. The Labute approximate surface area is 171 Å². The van der Waals surface area contributed by atoms with Gasteiger partial charge in [0.1, 0.15) is 11.5 Å². The number of carbonyl (C=O) groups excluding carboxylic acids is 1. The molecule has 28 heavy (non-hydrogen) atoms. The summed E-state index contributed by atoms with van der Waals surface area (Å²) in [7, 11) is 3.23. The number of rotatable bonds is 6. The Morgan fingerprint density at radius 3 is 2.29 bits per heavy atom. The van der Waals surface area contributed by atoms with Crippen molar-refractivity contribution in [2.24, 2.45) is 0 Å². The first-order valence-corrected chi connectivity index (χ1v) is 9.67. The fourth-order valence-electron chi connectivity index (χ4n) is 3.32. The average Bonchev–Trinajstić information content (AvgIpc) is 2.73. The lowest BCUT2D eigenvalue weighted by Crippen LogP contribution is -2.52. The zero-order valence-corrected chi connectivity index (χ0v) is 17.2. The molecule has 1 atom stereocenters. The second-order valence-corrected chi connectivity index (χ2v) is 7.14. The molecule has 0 bridgehead atoms. The van der Waals surface area contributed by atoms with Crippen molar-refractivity contribution in [3.63, 3.8) is 0 Å². The largest absolute Gasteiger partial charge is 0.497 e. The quantitative estimate of drug-likeness (QED) is 0.799. The first-order chi connectivity index (χ1) is 13.5. The first kappa shape index (κ1) is 20.3. The number of nitrogens with one attached hydrogen (secondary N) is 1. The van der Waals surface area contributed by atoms with Crippen LogP contribution in [0.1, 0.15) is 6.92 Å². The molecule has 150 valence electrons. The Balaban J connectivity index is 1.54. The monoisotopic (exact) mass is 403 g/mol. The molecule has 0 aliphatic carbocycles. The Kier molecular flexibility index (Phi) is 6.65. The molecule has 1 fully saturated rings. The summed E-state index contributed by atoms with van der Waals surface area (Å²) in [5.74, 6) is 1.40. The summed E-state index contributed by atoms with van der Waals surface area (Å²) in [5, 5.41) is 3.41. The summed E-state index contributed by atoms with van der Waals surface area (Å²) in [6, 6.07) is 13.1. The van der Waals surface area contributed by atoms with Crippen molar-refractivity contribution >= 4 is 28.9 Å². The number of carbonyl (C=O) groups is 1. The van der Waals surface area contributed by atoms with Crippen LogP contribution in [0.2, 0.25) is 5.02 Å². The number of hydrogen-bond acceptors (Lipinski definition) is 5. The molecule has 1 heterocycles. The molecule has 1 N–H and O–H groups in total. The third-order valence-corrected chi connectivity index (χ3v) is 5.39. The van der Waals surface area contributed by atoms with Crippen LogP contribution in [0.15, 0.2) is 42.5 Å². The fourth-order valence-corrected chi connectivity index (χ4v) is 3.57. The Bertz CT molecular complexity index is 805. The van der Waals surface area contributed by atoms with Crippen LogP contribution >= 0.6 is 11.6 Å². The molecule has 1 aliphatic heterocycles. The topological polar surface area (TPSA) is 54.0 Å². The van der Waals surface area contributed by atoms with Crippen LogP contribution in [0.25, 0.3) is 0 Å². The minimum atomic E-state index is -0.223. The SMILES string of the molecule is COc1ccc(N2CCN([C@@H](C)C(=O)Nc3ccc(OC)c(Cl)c3)CC2)cc1. The summed E-state index contributed by atoms with van der Waals surface area (Å²) < 4.78 is 10.4. The maximum absolute atomic E-state index is 12.6. The molecular formula is C21H26ClN3O3. The van der Waals surface area contributed by atoms with Crippen LogP contribution in [0.3, 0.4) is 0 Å². The summed E-state index contributed by atoms with van der Waals surface area (Å²) in [6.07, 6.45) is 0. The smallest absolute Gasteiger partial charge is 0.241 e. The van der Waals surface area contributed by atoms with Crippen molar-refractivity contribution in [2.75, 3.05) is 50.6 Å². The van der Waals surface area contributed by atoms with Gasteiger partial charge in [-0.3, -0.25) is 9.69 Å². The number of benzene rings is 2. The van der Waals surface area contributed by atoms with Crippen LogP contribution in [0.4, 0.5) is 11.4 Å². The number of halogens is 1. The van der Waals surface area contributed by atoms with Crippen LogP contribution in [0, 0.1) is 0 Å². The minimum Gasteiger partial charge on any atom is -0.497 e. The number of ether oxygens (including phenoxy) is 2. The van der Waals surface area contributed by atoms with Crippen LogP contribution in [0.5, 0.6) is 11.5 Å². The van der Waals surface area contributed by atoms with Gasteiger partial charge < -0.3 is 19.7 Å². The van der Waals surface area contributed by atoms with Gasteiger partial charge in [0, 0.05) is 37.6 Å². The van der Waals surface area contributed by atoms with E-state index in [1.165, 1.54) is 5.69 Å². The zero-order chi connectivity index (χ0) is 20.1. The van der Waals surface area contributed by atoms with Gasteiger partial charge in [0.25, 0.3) is 0 Å². The van der Waals surface area contributed by atoms with Gasteiger partial charge in [-0.25, -0.2) is 0 Å². The van der Waals surface area contributed by atoms with Crippen LogP contribution < -0.4 is 19.7 Å². The molecule has 1 aliphatic rings. The fraction of sp³-hybridized carbons (Fsp3) is 0.381. The number of piperazine rings is 1. The van der Waals surface area contributed by atoms with Crippen molar-refractivity contribution in [1.29, 1.82) is 0 Å². The van der Waals surface area contributed by atoms with Gasteiger partial charge >= 0.3 is 0 Å². The molecule has 0 aromatic heterocycles. The maximum atomic E-state index is 12.6. The third-order valence-electron chi connectivity index (χ3n) is 5.10. The molecule has 0 spiro atoms. The lowest BCUT2D eigenvalue weighted by molar-refractivity contribution is -0.120. The number of amides is 1. The normalized spacial score (nSPS) is 15.8. The van der Waals surface area contributed by atoms with E-state index in [1.807, 2.05) is 19.1 Å². The predicted molar refractivity (Wildman–Crippen MR) is 113 cm³/mol. The summed E-state index contributed by atoms with van der Waals surface area (Å²) in [6.45, 7) is 5.33. The Morgan fingerprint density at radius 1 is 1.04 bits per heavy atom. The zero-order valence-electron chi connectivity index (χ0n) is 16.4. The molecule has 6 nitrogen and oxygen atoms in total. The van der Waals surface area contributed by atoms with E-state index in [1.54, 1.807) is 32.4 Å². The van der Waals surface area contributed by atoms with Crippen molar-refractivity contribution in [3.8, 4) is 11.5 Å². The van der Waals surface area contributed by atoms with E-state index >= 15 is 0 Å². The van der Waals surface area contributed by atoms with E-state index in [0.29, 0.717) is 16.5 Å². The molecule has 1 amide bonds. The standard InChI is InChI=1S/C21H26ClN3O3/c1-15(21(26)23-16-4-9-20(28-3)19(22)14-16)24-10-12-25(13-11-24)17-5-7-18(27-2)8-6-17/h4-9,14-15H,10-13H2,1-3H3,(H,23,26)/t15-/m0/s1. The summed E-state index contributed by atoms with van der Waals surface area (Å²) in [4.78, 5) is 17.2. The van der Waals surface area contributed by atoms with Crippen LogP contribution in [-0.4, -0.2) is 57.2 Å². The molecule has 2 aromatic carbocycles. The lowest BCUT2D eigenvalue weighted by Gasteiger charge is -2.38. The van der Waals surface area contributed by atoms with Gasteiger partial charge in [-0.15, -0.1) is 0 Å². The number of methoxy groups -OCH3 is 2. The van der Waals surface area contributed by atoms with E-state index in [9.17, 15) is 4.79 Å². The van der Waals surface area contributed by atoms with Crippen LogP contribution in [-0.2, 0) is 4.79 Å². The number of anilines is 2. The van der Waals surface area contributed by atoms with Crippen molar-refractivity contribution < 1.29 is 14.3 Å². The minimum absolute atomic E-state index is 0.0425.